The second-order valence-corrected chi connectivity index (χ2v) is 6.90. The second kappa shape index (κ2) is 7.84. The molecule has 26 heavy (non-hydrogen) atoms. The van der Waals surface area contributed by atoms with E-state index in [4.69, 9.17) is 8.92 Å². The number of rotatable bonds is 6. The lowest BCUT2D eigenvalue weighted by Gasteiger charge is -2.11. The molecule has 0 fully saturated rings. The van der Waals surface area contributed by atoms with E-state index in [1.165, 1.54) is 19.2 Å². The molecule has 0 unspecified atom stereocenters. The van der Waals surface area contributed by atoms with Crippen molar-refractivity contribution in [1.29, 1.82) is 0 Å². The third-order valence-corrected chi connectivity index (χ3v) is 4.80. The molecule has 5 nitrogen and oxygen atoms in total. The average molecular weight is 367 g/mol. The number of hydrogen-bond donors (Lipinski definition) is 0. The Morgan fingerprint density at radius 1 is 0.885 bits per heavy atom. The molecule has 1 aromatic heterocycles. The molecule has 0 radical (unpaired) electrons. The number of methoxy groups -OCH3 is 1. The molecule has 0 N–H and O–H groups in total. The highest BCUT2D eigenvalue weighted by Gasteiger charge is 2.18. The van der Waals surface area contributed by atoms with Crippen molar-refractivity contribution in [2.75, 3.05) is 7.11 Å². The van der Waals surface area contributed by atoms with Gasteiger partial charge < -0.3 is 8.92 Å². The van der Waals surface area contributed by atoms with Crippen molar-refractivity contribution in [2.24, 2.45) is 0 Å². The van der Waals surface area contributed by atoms with Gasteiger partial charge in [0, 0.05) is 6.20 Å². The largest absolute Gasteiger partial charge is 0.493 e. The summed E-state index contributed by atoms with van der Waals surface area (Å²) in [6.45, 7) is 0. The van der Waals surface area contributed by atoms with Crippen LogP contribution in [0.5, 0.6) is 11.5 Å². The summed E-state index contributed by atoms with van der Waals surface area (Å²) in [5.74, 6) is 0.457. The monoisotopic (exact) mass is 367 g/mol. The maximum Gasteiger partial charge on any atom is 0.339 e. The molecule has 0 aliphatic heterocycles. The molecule has 0 saturated heterocycles. The first kappa shape index (κ1) is 17.7. The highest BCUT2D eigenvalue weighted by Crippen LogP contribution is 2.31. The van der Waals surface area contributed by atoms with Crippen LogP contribution in [-0.2, 0) is 10.1 Å². The fourth-order valence-electron chi connectivity index (χ4n) is 2.27. The fraction of sp³-hybridized carbons (Fsp3) is 0.0500. The molecule has 0 aliphatic carbocycles. The molecule has 2 aromatic carbocycles. The van der Waals surface area contributed by atoms with Gasteiger partial charge in [-0.3, -0.25) is 4.98 Å². The van der Waals surface area contributed by atoms with Gasteiger partial charge in [0.1, 0.15) is 4.90 Å². The van der Waals surface area contributed by atoms with Crippen LogP contribution < -0.4 is 8.92 Å². The Morgan fingerprint density at radius 3 is 2.35 bits per heavy atom. The minimum Gasteiger partial charge on any atom is -0.493 e. The van der Waals surface area contributed by atoms with Gasteiger partial charge in [-0.15, -0.1) is 0 Å². The lowest BCUT2D eigenvalue weighted by molar-refractivity contribution is 0.390. The van der Waals surface area contributed by atoms with Crippen LogP contribution in [0.2, 0.25) is 0 Å². The summed E-state index contributed by atoms with van der Waals surface area (Å²) >= 11 is 0. The van der Waals surface area contributed by atoms with E-state index in [2.05, 4.69) is 4.98 Å². The molecule has 0 amide bonds. The van der Waals surface area contributed by atoms with Crippen molar-refractivity contribution in [3.8, 4) is 11.5 Å². The van der Waals surface area contributed by atoms with Gasteiger partial charge in [0.15, 0.2) is 11.5 Å². The van der Waals surface area contributed by atoms with Crippen LogP contribution in [0.4, 0.5) is 0 Å². The zero-order valence-electron chi connectivity index (χ0n) is 14.1. The topological polar surface area (TPSA) is 65.5 Å². The number of ether oxygens (including phenoxy) is 1. The van der Waals surface area contributed by atoms with Gasteiger partial charge in [0.2, 0.25) is 0 Å². The Bertz CT molecular complexity index is 1000. The van der Waals surface area contributed by atoms with E-state index in [1.807, 2.05) is 30.4 Å². The van der Waals surface area contributed by atoms with Gasteiger partial charge >= 0.3 is 10.1 Å². The maximum atomic E-state index is 12.4. The Balaban J connectivity index is 1.84. The van der Waals surface area contributed by atoms with Gasteiger partial charge in [-0.2, -0.15) is 8.42 Å². The Kier molecular flexibility index (Phi) is 5.34. The summed E-state index contributed by atoms with van der Waals surface area (Å²) in [6, 6.07) is 18.6. The number of hydrogen-bond acceptors (Lipinski definition) is 5. The Labute approximate surface area is 152 Å². The molecule has 0 atom stereocenters. The molecule has 6 heteroatoms. The van der Waals surface area contributed by atoms with E-state index in [0.29, 0.717) is 5.75 Å². The second-order valence-electron chi connectivity index (χ2n) is 5.35. The number of pyridine rings is 1. The summed E-state index contributed by atoms with van der Waals surface area (Å²) in [5.41, 5.74) is 1.65. The molecule has 3 rings (SSSR count). The van der Waals surface area contributed by atoms with E-state index in [9.17, 15) is 8.42 Å². The number of aromatic nitrogens is 1. The quantitative estimate of drug-likeness (QED) is 0.616. The molecule has 0 bridgehead atoms. The van der Waals surface area contributed by atoms with Gasteiger partial charge in [-0.05, 0) is 48.0 Å². The van der Waals surface area contributed by atoms with Crippen LogP contribution in [0.25, 0.3) is 12.2 Å². The van der Waals surface area contributed by atoms with Crippen molar-refractivity contribution in [3.63, 3.8) is 0 Å². The normalized spacial score (nSPS) is 11.4. The van der Waals surface area contributed by atoms with Crippen molar-refractivity contribution in [1.82, 2.24) is 4.98 Å². The predicted molar refractivity (Wildman–Crippen MR) is 100 cm³/mol. The third kappa shape index (κ3) is 4.29. The van der Waals surface area contributed by atoms with Crippen molar-refractivity contribution >= 4 is 22.3 Å². The van der Waals surface area contributed by atoms with Crippen LogP contribution in [-0.4, -0.2) is 20.5 Å². The first-order valence-electron chi connectivity index (χ1n) is 7.85. The summed E-state index contributed by atoms with van der Waals surface area (Å²) in [7, 11) is -2.46. The van der Waals surface area contributed by atoms with Crippen LogP contribution in [0, 0.1) is 0 Å². The summed E-state index contributed by atoms with van der Waals surface area (Å²) in [4.78, 5) is 4.30. The highest BCUT2D eigenvalue weighted by atomic mass is 32.2. The first-order chi connectivity index (χ1) is 12.6. The zero-order valence-corrected chi connectivity index (χ0v) is 14.9. The van der Waals surface area contributed by atoms with E-state index < -0.39 is 10.1 Å². The predicted octanol–water partition coefficient (Wildman–Crippen LogP) is 4.03. The third-order valence-electron chi connectivity index (χ3n) is 3.55. The zero-order chi connectivity index (χ0) is 18.4. The Hall–Kier alpha value is -3.12. The van der Waals surface area contributed by atoms with Crippen LogP contribution in [0.3, 0.4) is 0 Å². The molecular weight excluding hydrogens is 350 g/mol. The number of benzene rings is 2. The molecule has 0 aliphatic rings. The lowest BCUT2D eigenvalue weighted by Crippen LogP contribution is -2.10. The van der Waals surface area contributed by atoms with Gasteiger partial charge in [-0.1, -0.05) is 36.4 Å². The van der Waals surface area contributed by atoms with Gasteiger partial charge in [-0.25, -0.2) is 0 Å². The summed E-state index contributed by atoms with van der Waals surface area (Å²) in [6.07, 6.45) is 5.43. The highest BCUT2D eigenvalue weighted by molar-refractivity contribution is 7.87. The van der Waals surface area contributed by atoms with Crippen LogP contribution >= 0.6 is 0 Å². The van der Waals surface area contributed by atoms with Gasteiger partial charge in [0.05, 0.1) is 12.8 Å². The SMILES string of the molecule is COc1cc(/C=C/c2ccccn2)ccc1OS(=O)(=O)c1ccccc1. The minimum absolute atomic E-state index is 0.0844. The molecule has 0 saturated carbocycles. The Morgan fingerprint density at radius 2 is 1.65 bits per heavy atom. The smallest absolute Gasteiger partial charge is 0.339 e. The van der Waals surface area contributed by atoms with E-state index in [1.54, 1.807) is 42.6 Å². The first-order valence-corrected chi connectivity index (χ1v) is 9.26. The molecule has 1 heterocycles. The standard InChI is InChI=1S/C20H17NO4S/c1-24-20-15-16(10-12-17-7-5-6-14-21-17)11-13-19(20)25-26(22,23)18-8-3-2-4-9-18/h2-15H,1H3/b12-10+. The average Bonchev–Trinajstić information content (AvgIpc) is 2.68. The molecule has 132 valence electrons. The van der Waals surface area contributed by atoms with Crippen molar-refractivity contribution < 1.29 is 17.3 Å². The number of nitrogens with zero attached hydrogens (tertiary/aromatic N) is 1. The van der Waals surface area contributed by atoms with Crippen LogP contribution in [0.1, 0.15) is 11.3 Å². The fourth-order valence-corrected chi connectivity index (χ4v) is 3.23. The minimum atomic E-state index is -3.92. The van der Waals surface area contributed by atoms with E-state index in [0.717, 1.165) is 11.3 Å². The summed E-state index contributed by atoms with van der Waals surface area (Å²) < 4.78 is 35.3. The van der Waals surface area contributed by atoms with Crippen molar-refractivity contribution in [2.45, 2.75) is 4.90 Å². The molecule has 3 aromatic rings. The molecule has 0 spiro atoms. The maximum absolute atomic E-state index is 12.4. The van der Waals surface area contributed by atoms with Crippen LogP contribution in [0.15, 0.2) is 77.8 Å². The molecular formula is C20H17NO4S. The lowest BCUT2D eigenvalue weighted by atomic mass is 10.1. The van der Waals surface area contributed by atoms with E-state index in [-0.39, 0.29) is 10.6 Å². The van der Waals surface area contributed by atoms with E-state index >= 15 is 0 Å². The van der Waals surface area contributed by atoms with Crippen molar-refractivity contribution in [3.05, 3.63) is 84.2 Å². The summed E-state index contributed by atoms with van der Waals surface area (Å²) in [5, 5.41) is 0. The van der Waals surface area contributed by atoms with Gasteiger partial charge in [0.25, 0.3) is 0 Å².